The number of likely N-dealkylation sites (N-methyl/N-ethyl adjacent to an activating group) is 1. The van der Waals surface area contributed by atoms with Crippen LogP contribution in [0, 0.1) is 29.4 Å². The number of aliphatic imine (C=N–C) groups is 2. The molecule has 0 saturated carbocycles. The normalized spacial score (nSPS) is 17.4. The highest BCUT2D eigenvalue weighted by Gasteiger charge is 2.28. The van der Waals surface area contributed by atoms with Crippen molar-refractivity contribution in [2.45, 2.75) is 39.1 Å². The Morgan fingerprint density at radius 2 is 1.90 bits per heavy atom. The molecule has 2 aliphatic rings. The molecule has 4 N–H and O–H groups in total. The number of pyridine rings is 1. The van der Waals surface area contributed by atoms with Crippen molar-refractivity contribution in [1.82, 2.24) is 24.0 Å². The molecule has 5 heterocycles. The lowest BCUT2D eigenvalue weighted by Gasteiger charge is -2.39. The molecule has 0 aliphatic carbocycles. The van der Waals surface area contributed by atoms with E-state index < -0.39 is 63.4 Å². The van der Waals surface area contributed by atoms with Gasteiger partial charge in [-0.05, 0) is 32.9 Å². The van der Waals surface area contributed by atoms with Crippen molar-refractivity contribution < 1.29 is 27.9 Å². The largest absolute Gasteiger partial charge is 0.504 e. The van der Waals surface area contributed by atoms with Gasteiger partial charge >= 0.3 is 0 Å². The summed E-state index contributed by atoms with van der Waals surface area (Å²) >= 11 is 6.20. The number of anilines is 2. The Hall–Kier alpha value is -5.73. The minimum Gasteiger partial charge on any atom is -0.504 e. The summed E-state index contributed by atoms with van der Waals surface area (Å²) in [6.07, 6.45) is 3.53. The lowest BCUT2D eigenvalue weighted by molar-refractivity contribution is -0.116. The minimum absolute atomic E-state index is 0.0136. The lowest BCUT2D eigenvalue weighted by atomic mass is 10.0. The second kappa shape index (κ2) is 13.9. The van der Waals surface area contributed by atoms with Crippen molar-refractivity contribution in [3.63, 3.8) is 0 Å². The van der Waals surface area contributed by atoms with E-state index in [0.717, 1.165) is 23.2 Å². The Bertz CT molecular complexity index is 2290. The van der Waals surface area contributed by atoms with Crippen LogP contribution in [0.15, 0.2) is 39.4 Å². The summed E-state index contributed by atoms with van der Waals surface area (Å²) in [6, 6.07) is 2.23. The van der Waals surface area contributed by atoms with E-state index in [-0.39, 0.29) is 46.9 Å². The fourth-order valence-corrected chi connectivity index (χ4v) is 6.07. The SMILES string of the molecule is CC1N=CC(C#CCn2cnc3c(c(-c4cc(C(N)=O)c(O)c(F)c4F)cn3CC(=O)Nc3cc(N4CCN(C)C[C@@H]4C)nc(F)c3Cl)c2=O)=N1. The Balaban J connectivity index is 1.39. The summed E-state index contributed by atoms with van der Waals surface area (Å²) in [5.74, 6) is -1.84. The predicted molar refractivity (Wildman–Crippen MR) is 185 cm³/mol. The number of fused-ring (bicyclic) bond motifs is 1. The molecule has 18 heteroatoms. The van der Waals surface area contributed by atoms with Gasteiger partial charge in [-0.1, -0.05) is 17.5 Å². The van der Waals surface area contributed by atoms with E-state index in [9.17, 15) is 28.3 Å². The number of aromatic nitrogens is 4. The number of carbonyl (C=O) groups is 2. The number of aromatic hydroxyl groups is 1. The first kappa shape index (κ1) is 35.1. The van der Waals surface area contributed by atoms with Gasteiger partial charge in [0, 0.05) is 49.1 Å². The molecule has 264 valence electrons. The molecule has 1 fully saturated rings. The molecule has 2 aliphatic heterocycles. The van der Waals surface area contributed by atoms with Crippen LogP contribution in [0.2, 0.25) is 5.02 Å². The minimum atomic E-state index is -1.77. The van der Waals surface area contributed by atoms with E-state index in [1.54, 1.807) is 6.92 Å². The number of nitrogens with one attached hydrogen (secondary N) is 1. The number of nitrogens with zero attached hydrogens (tertiary/aromatic N) is 8. The third kappa shape index (κ3) is 6.87. The zero-order valence-electron chi connectivity index (χ0n) is 27.4. The number of halogens is 4. The van der Waals surface area contributed by atoms with E-state index in [2.05, 4.69) is 42.0 Å². The van der Waals surface area contributed by atoms with Crippen molar-refractivity contribution in [2.24, 2.45) is 15.7 Å². The number of hydrogen-bond acceptors (Lipinski definition) is 10. The number of nitrogens with two attached hydrogens (primary N) is 1. The summed E-state index contributed by atoms with van der Waals surface area (Å²) in [7, 11) is 1.97. The number of primary amides is 1. The number of carbonyl (C=O) groups excluding carboxylic acids is 2. The fourth-order valence-electron chi connectivity index (χ4n) is 5.93. The number of amides is 2. The van der Waals surface area contributed by atoms with Crippen LogP contribution >= 0.6 is 11.6 Å². The number of phenols is 1. The molecule has 0 radical (unpaired) electrons. The zero-order chi connectivity index (χ0) is 36.7. The Morgan fingerprint density at radius 3 is 2.59 bits per heavy atom. The molecule has 0 bridgehead atoms. The summed E-state index contributed by atoms with van der Waals surface area (Å²) < 4.78 is 47.5. The lowest BCUT2D eigenvalue weighted by Crippen LogP contribution is -2.50. The van der Waals surface area contributed by atoms with Gasteiger partial charge in [-0.25, -0.2) is 19.4 Å². The van der Waals surface area contributed by atoms with E-state index in [1.807, 2.05) is 18.9 Å². The molecule has 4 aromatic rings. The zero-order valence-corrected chi connectivity index (χ0v) is 28.2. The molecule has 3 aromatic heterocycles. The number of piperazine rings is 1. The van der Waals surface area contributed by atoms with Crippen LogP contribution in [0.5, 0.6) is 5.75 Å². The maximum atomic E-state index is 15.4. The standard InChI is InChI=1S/C33H30ClF3N10O4/c1-16-12-44(3)7-8-47(16)23-10-22(26(34)30(37)43-23)42-24(48)14-46-13-21(19-9-20(31(38)50)29(49)28(36)27(19)35)25-32(46)40-15-45(33(25)51)6-4-5-18-11-39-17(2)41-18/h9-11,13,15-17,49H,6-8,12,14H2,1-3H3,(H2,38,50)(H,42,43,48)/t16-,17?/m0/s1. The van der Waals surface area contributed by atoms with Gasteiger partial charge in [0.2, 0.25) is 17.7 Å². The second-order valence-electron chi connectivity index (χ2n) is 12.1. The summed E-state index contributed by atoms with van der Waals surface area (Å²) in [6.45, 7) is 4.94. The maximum Gasteiger partial charge on any atom is 0.264 e. The Morgan fingerprint density at radius 1 is 1.14 bits per heavy atom. The number of hydrogen-bond donors (Lipinski definition) is 3. The van der Waals surface area contributed by atoms with E-state index in [1.165, 1.54) is 16.8 Å². The first-order valence-corrected chi connectivity index (χ1v) is 15.9. The van der Waals surface area contributed by atoms with Crippen LogP contribution in [0.3, 0.4) is 0 Å². The monoisotopic (exact) mass is 722 g/mol. The molecular formula is C33H30ClF3N10O4. The first-order chi connectivity index (χ1) is 24.2. The van der Waals surface area contributed by atoms with E-state index in [0.29, 0.717) is 25.3 Å². The van der Waals surface area contributed by atoms with E-state index >= 15 is 4.39 Å². The molecular weight excluding hydrogens is 693 g/mol. The molecule has 0 spiro atoms. The molecule has 1 unspecified atom stereocenters. The van der Waals surface area contributed by atoms with Gasteiger partial charge in [-0.3, -0.25) is 23.9 Å². The van der Waals surface area contributed by atoms with Crippen LogP contribution in [0.25, 0.3) is 22.2 Å². The van der Waals surface area contributed by atoms with Crippen molar-refractivity contribution in [2.75, 3.05) is 36.9 Å². The van der Waals surface area contributed by atoms with Gasteiger partial charge < -0.3 is 30.5 Å². The maximum absolute atomic E-state index is 15.4. The first-order valence-electron chi connectivity index (χ1n) is 15.5. The number of benzene rings is 1. The smallest absolute Gasteiger partial charge is 0.264 e. The third-order valence-electron chi connectivity index (χ3n) is 8.40. The quantitative estimate of drug-likeness (QED) is 0.193. The van der Waals surface area contributed by atoms with Crippen molar-refractivity contribution >= 4 is 57.9 Å². The highest BCUT2D eigenvalue weighted by molar-refractivity contribution is 6.39. The highest BCUT2D eigenvalue weighted by Crippen LogP contribution is 2.36. The van der Waals surface area contributed by atoms with Crippen LogP contribution in [0.1, 0.15) is 24.2 Å². The van der Waals surface area contributed by atoms with Gasteiger partial charge in [0.1, 0.15) is 41.2 Å². The molecule has 51 heavy (non-hydrogen) atoms. The van der Waals surface area contributed by atoms with Gasteiger partial charge in [-0.2, -0.15) is 8.78 Å². The molecule has 2 atom stereocenters. The van der Waals surface area contributed by atoms with Gasteiger partial charge in [0.05, 0.1) is 29.4 Å². The summed E-state index contributed by atoms with van der Waals surface area (Å²) in [4.78, 5) is 59.9. The molecule has 1 aromatic carbocycles. The Labute approximate surface area is 293 Å². The topological polar surface area (TPSA) is 176 Å². The second-order valence-corrected chi connectivity index (χ2v) is 12.4. The Kier molecular flexibility index (Phi) is 9.56. The van der Waals surface area contributed by atoms with E-state index in [4.69, 9.17) is 17.3 Å². The van der Waals surface area contributed by atoms with Crippen molar-refractivity contribution in [3.05, 3.63) is 63.2 Å². The average Bonchev–Trinajstić information content (AvgIpc) is 3.66. The molecule has 1 saturated heterocycles. The van der Waals surface area contributed by atoms with Gasteiger partial charge in [-0.15, -0.1) is 0 Å². The van der Waals surface area contributed by atoms with Gasteiger partial charge in [0.15, 0.2) is 11.6 Å². The van der Waals surface area contributed by atoms with Crippen LogP contribution in [-0.4, -0.2) is 91.7 Å². The van der Waals surface area contributed by atoms with Crippen molar-refractivity contribution in [1.29, 1.82) is 0 Å². The molecule has 2 amide bonds. The summed E-state index contributed by atoms with van der Waals surface area (Å²) in [5.41, 5.74) is 3.14. The van der Waals surface area contributed by atoms with Crippen LogP contribution < -0.4 is 21.5 Å². The number of rotatable bonds is 7. The fraction of sp³-hybridized carbons (Fsp3) is 0.303. The highest BCUT2D eigenvalue weighted by atomic mass is 35.5. The van der Waals surface area contributed by atoms with Crippen LogP contribution in [0.4, 0.5) is 24.7 Å². The van der Waals surface area contributed by atoms with Crippen molar-refractivity contribution in [3.8, 4) is 28.7 Å². The third-order valence-corrected chi connectivity index (χ3v) is 8.76. The summed E-state index contributed by atoms with van der Waals surface area (Å²) in [5, 5.41) is 11.9. The predicted octanol–water partition coefficient (Wildman–Crippen LogP) is 2.79. The van der Waals surface area contributed by atoms with Crippen LogP contribution in [-0.2, 0) is 17.9 Å². The molecule has 6 rings (SSSR count). The van der Waals surface area contributed by atoms with Gasteiger partial charge in [0.25, 0.3) is 11.5 Å². The average molecular weight is 723 g/mol. The molecule has 14 nitrogen and oxygen atoms in total.